The molecule has 2 aromatic heterocycles. The van der Waals surface area contributed by atoms with Crippen molar-refractivity contribution in [1.82, 2.24) is 14.9 Å². The minimum atomic E-state index is -4.54. The van der Waals surface area contributed by atoms with Crippen molar-refractivity contribution < 1.29 is 23.1 Å². The van der Waals surface area contributed by atoms with Gasteiger partial charge in [0.2, 0.25) is 0 Å². The van der Waals surface area contributed by atoms with Gasteiger partial charge in [0.15, 0.2) is 0 Å². The lowest BCUT2D eigenvalue weighted by atomic mass is 9.84. The van der Waals surface area contributed by atoms with E-state index in [1.165, 1.54) is 16.7 Å². The number of aromatic nitrogens is 2. The Morgan fingerprint density at radius 2 is 1.52 bits per heavy atom. The van der Waals surface area contributed by atoms with Crippen molar-refractivity contribution >= 4 is 27.7 Å². The Morgan fingerprint density at radius 3 is 2.23 bits per heavy atom. The molecule has 1 amide bonds. The van der Waals surface area contributed by atoms with Crippen LogP contribution in [0.2, 0.25) is 0 Å². The summed E-state index contributed by atoms with van der Waals surface area (Å²) in [6, 6.07) is 27.9. The highest BCUT2D eigenvalue weighted by atomic mass is 19.4. The molecule has 0 radical (unpaired) electrons. The van der Waals surface area contributed by atoms with E-state index in [-0.39, 0.29) is 23.8 Å². The van der Waals surface area contributed by atoms with Gasteiger partial charge in [-0.2, -0.15) is 13.2 Å². The first-order chi connectivity index (χ1) is 21.1. The zero-order chi connectivity index (χ0) is 31.0. The van der Waals surface area contributed by atoms with E-state index in [2.05, 4.69) is 10.3 Å². The largest absolute Gasteiger partial charge is 0.507 e. The highest BCUT2D eigenvalue weighted by molar-refractivity contribution is 5.94. The molecule has 3 N–H and O–H groups in total. The number of rotatable bonds is 7. The molecule has 44 heavy (non-hydrogen) atoms. The number of aryl methyl sites for hydroxylation is 1. The summed E-state index contributed by atoms with van der Waals surface area (Å²) in [5.74, 6) is -1.43. The molecule has 0 aliphatic carbocycles. The van der Waals surface area contributed by atoms with Crippen LogP contribution in [0.15, 0.2) is 108 Å². The van der Waals surface area contributed by atoms with Gasteiger partial charge >= 0.3 is 6.18 Å². The molecule has 2 heterocycles. The minimum absolute atomic E-state index is 0.0343. The molecular weight excluding hydrogens is 567 g/mol. The quantitative estimate of drug-likeness (QED) is 0.188. The average molecular weight is 596 g/mol. The van der Waals surface area contributed by atoms with E-state index in [0.717, 1.165) is 28.6 Å². The van der Waals surface area contributed by atoms with Gasteiger partial charge in [0.1, 0.15) is 5.75 Å². The number of alkyl halides is 3. The summed E-state index contributed by atoms with van der Waals surface area (Å²) in [6.45, 7) is 0.254. The fourth-order valence-electron chi connectivity index (χ4n) is 5.83. The number of nitrogens with zero attached hydrogens (tertiary/aromatic N) is 1. The second-order valence-electron chi connectivity index (χ2n) is 10.6. The van der Waals surface area contributed by atoms with Gasteiger partial charge in [-0.25, -0.2) is 0 Å². The van der Waals surface area contributed by atoms with Crippen LogP contribution in [0.3, 0.4) is 0 Å². The van der Waals surface area contributed by atoms with Crippen molar-refractivity contribution in [2.75, 3.05) is 6.54 Å². The van der Waals surface area contributed by atoms with E-state index in [9.17, 15) is 27.9 Å². The number of H-pyrrole nitrogens is 1. The zero-order valence-corrected chi connectivity index (χ0v) is 23.7. The van der Waals surface area contributed by atoms with Gasteiger partial charge in [-0.05, 0) is 60.0 Å². The van der Waals surface area contributed by atoms with Crippen LogP contribution in [0.5, 0.6) is 5.75 Å². The standard InChI is InChI=1S/C35H28F3N3O3/c1-41-28-14-8-6-12-26(28)32(42)30(34(41)44)29(21-15-17-23(18-16-21)35(36,37)38)31-25(24-11-5-7-13-27(24)40-31)19-20-39-33(43)22-9-3-2-4-10-22/h2-18,29,40,42H,19-20H2,1H3,(H,39,43). The molecule has 0 fully saturated rings. The zero-order valence-electron chi connectivity index (χ0n) is 23.7. The lowest BCUT2D eigenvalue weighted by Crippen LogP contribution is -2.27. The maximum atomic E-state index is 14.0. The average Bonchev–Trinajstić information content (AvgIpc) is 3.40. The summed E-state index contributed by atoms with van der Waals surface area (Å²) in [5, 5.41) is 15.8. The first kappa shape index (κ1) is 28.8. The molecule has 0 aliphatic heterocycles. The number of para-hydroxylation sites is 2. The summed E-state index contributed by atoms with van der Waals surface area (Å²) in [6.07, 6.45) is -4.19. The molecular formula is C35H28F3N3O3. The normalized spacial score (nSPS) is 12.5. The van der Waals surface area contributed by atoms with E-state index in [4.69, 9.17) is 0 Å². The number of amides is 1. The maximum Gasteiger partial charge on any atom is 0.416 e. The molecule has 6 rings (SSSR count). The second-order valence-corrected chi connectivity index (χ2v) is 10.6. The number of hydrogen-bond donors (Lipinski definition) is 3. The highest BCUT2D eigenvalue weighted by Crippen LogP contribution is 2.41. The number of benzene rings is 4. The molecule has 222 valence electrons. The fourth-order valence-corrected chi connectivity index (χ4v) is 5.83. The van der Waals surface area contributed by atoms with Crippen molar-refractivity contribution in [2.24, 2.45) is 7.05 Å². The van der Waals surface area contributed by atoms with E-state index in [1.807, 2.05) is 30.3 Å². The molecule has 4 aromatic carbocycles. The van der Waals surface area contributed by atoms with Gasteiger partial charge < -0.3 is 20.0 Å². The highest BCUT2D eigenvalue weighted by Gasteiger charge is 2.33. The van der Waals surface area contributed by atoms with Gasteiger partial charge in [-0.3, -0.25) is 9.59 Å². The Kier molecular flexibility index (Phi) is 7.47. The number of fused-ring (bicyclic) bond motifs is 2. The molecule has 9 heteroatoms. The Morgan fingerprint density at radius 1 is 0.886 bits per heavy atom. The number of hydrogen-bond acceptors (Lipinski definition) is 3. The Bertz CT molecular complexity index is 2050. The van der Waals surface area contributed by atoms with Crippen LogP contribution < -0.4 is 10.9 Å². The summed E-state index contributed by atoms with van der Waals surface area (Å²) in [7, 11) is 1.60. The van der Waals surface area contributed by atoms with Crippen molar-refractivity contribution in [3.63, 3.8) is 0 Å². The second kappa shape index (κ2) is 11.4. The lowest BCUT2D eigenvalue weighted by molar-refractivity contribution is -0.137. The summed E-state index contributed by atoms with van der Waals surface area (Å²) < 4.78 is 42.0. The summed E-state index contributed by atoms with van der Waals surface area (Å²) in [5.41, 5.74) is 2.22. The Labute approximate surface area is 250 Å². The number of aromatic amines is 1. The van der Waals surface area contributed by atoms with Crippen LogP contribution in [-0.4, -0.2) is 27.1 Å². The number of pyridine rings is 1. The van der Waals surface area contributed by atoms with Crippen molar-refractivity contribution in [2.45, 2.75) is 18.5 Å². The monoisotopic (exact) mass is 595 g/mol. The smallest absolute Gasteiger partial charge is 0.416 e. The minimum Gasteiger partial charge on any atom is -0.507 e. The molecule has 1 atom stereocenters. The van der Waals surface area contributed by atoms with Gasteiger partial charge in [-0.1, -0.05) is 60.7 Å². The first-order valence-electron chi connectivity index (χ1n) is 14.1. The van der Waals surface area contributed by atoms with Gasteiger partial charge in [-0.15, -0.1) is 0 Å². The van der Waals surface area contributed by atoms with Gasteiger partial charge in [0.25, 0.3) is 11.5 Å². The SMILES string of the molecule is Cn1c(=O)c(C(c2ccc(C(F)(F)F)cc2)c2[nH]c3ccccc3c2CCNC(=O)c2ccccc2)c(O)c2ccccc21. The van der Waals surface area contributed by atoms with E-state index in [0.29, 0.717) is 34.1 Å². The van der Waals surface area contributed by atoms with Crippen molar-refractivity contribution in [3.8, 4) is 5.75 Å². The first-order valence-corrected chi connectivity index (χ1v) is 14.1. The van der Waals surface area contributed by atoms with E-state index >= 15 is 0 Å². The fraction of sp³-hybridized carbons (Fsp3) is 0.143. The topological polar surface area (TPSA) is 87.1 Å². The molecule has 0 spiro atoms. The van der Waals surface area contributed by atoms with Gasteiger partial charge in [0.05, 0.1) is 22.6 Å². The Balaban J connectivity index is 1.53. The summed E-state index contributed by atoms with van der Waals surface area (Å²) >= 11 is 0. The van der Waals surface area contributed by atoms with Crippen molar-refractivity contribution in [3.05, 3.63) is 147 Å². The van der Waals surface area contributed by atoms with Crippen LogP contribution in [0, 0.1) is 0 Å². The number of halogens is 3. The number of carbonyl (C=O) groups is 1. The number of nitrogens with one attached hydrogen (secondary N) is 2. The van der Waals surface area contributed by atoms with E-state index in [1.54, 1.807) is 55.6 Å². The molecule has 0 aliphatic rings. The summed E-state index contributed by atoms with van der Waals surface area (Å²) in [4.78, 5) is 30.1. The molecule has 0 saturated heterocycles. The van der Waals surface area contributed by atoms with Crippen LogP contribution in [0.25, 0.3) is 21.8 Å². The third-order valence-electron chi connectivity index (χ3n) is 8.00. The molecule has 0 saturated carbocycles. The van der Waals surface area contributed by atoms with Crippen LogP contribution in [-0.2, 0) is 19.6 Å². The van der Waals surface area contributed by atoms with E-state index < -0.39 is 23.2 Å². The number of carbonyl (C=O) groups excluding carboxylic acids is 1. The third-order valence-corrected chi connectivity index (χ3v) is 8.00. The molecule has 6 nitrogen and oxygen atoms in total. The van der Waals surface area contributed by atoms with Crippen LogP contribution in [0.4, 0.5) is 13.2 Å². The van der Waals surface area contributed by atoms with Crippen LogP contribution in [0.1, 0.15) is 44.2 Å². The molecule has 1 unspecified atom stereocenters. The Hall–Kier alpha value is -5.31. The maximum absolute atomic E-state index is 14.0. The lowest BCUT2D eigenvalue weighted by Gasteiger charge is -2.22. The molecule has 0 bridgehead atoms. The van der Waals surface area contributed by atoms with Crippen molar-refractivity contribution in [1.29, 1.82) is 0 Å². The third kappa shape index (κ3) is 5.21. The molecule has 6 aromatic rings. The predicted molar refractivity (Wildman–Crippen MR) is 164 cm³/mol. The van der Waals surface area contributed by atoms with Crippen LogP contribution >= 0.6 is 0 Å². The number of aromatic hydroxyl groups is 1. The predicted octanol–water partition coefficient (Wildman–Crippen LogP) is 6.90. The van der Waals surface area contributed by atoms with Gasteiger partial charge in [0, 0.05) is 41.1 Å².